The van der Waals surface area contributed by atoms with Gasteiger partial charge < -0.3 is 9.64 Å². The van der Waals surface area contributed by atoms with Gasteiger partial charge >= 0.3 is 6.18 Å². The molecule has 29 heavy (non-hydrogen) atoms. The highest BCUT2D eigenvalue weighted by molar-refractivity contribution is 7.89. The van der Waals surface area contributed by atoms with Gasteiger partial charge in [0.25, 0.3) is 0 Å². The molecule has 1 aromatic carbocycles. The Morgan fingerprint density at radius 1 is 1.03 bits per heavy atom. The van der Waals surface area contributed by atoms with Crippen molar-refractivity contribution in [3.05, 3.63) is 29.8 Å². The van der Waals surface area contributed by atoms with Crippen LogP contribution in [0.4, 0.5) is 13.2 Å². The fourth-order valence-corrected chi connectivity index (χ4v) is 5.14. The number of sulfonamides is 1. The lowest BCUT2D eigenvalue weighted by Crippen LogP contribution is -2.40. The van der Waals surface area contributed by atoms with Crippen LogP contribution in [-0.4, -0.2) is 69.1 Å². The van der Waals surface area contributed by atoms with Crippen molar-refractivity contribution < 1.29 is 31.1 Å². The maximum atomic E-state index is 12.6. The molecule has 2 heterocycles. The van der Waals surface area contributed by atoms with Crippen molar-refractivity contribution in [1.29, 1.82) is 0 Å². The summed E-state index contributed by atoms with van der Waals surface area (Å²) in [5.74, 6) is -0.611. The molecule has 10 heteroatoms. The highest BCUT2D eigenvalue weighted by atomic mass is 32.2. The van der Waals surface area contributed by atoms with Gasteiger partial charge in [-0.2, -0.15) is 17.5 Å². The maximum Gasteiger partial charge on any atom is 0.397 e. The SMILES string of the molecule is O=C(CC(F)(F)F)N1CCC(Cc2ccc(S(=O)(=O)N3CCOCC3)cc2)CC1. The topological polar surface area (TPSA) is 66.9 Å². The minimum absolute atomic E-state index is 0.246. The lowest BCUT2D eigenvalue weighted by Gasteiger charge is -2.32. The Labute approximate surface area is 168 Å². The first-order valence-electron chi connectivity index (χ1n) is 9.66. The van der Waals surface area contributed by atoms with Crippen molar-refractivity contribution >= 4 is 15.9 Å². The minimum atomic E-state index is -4.47. The van der Waals surface area contributed by atoms with E-state index in [2.05, 4.69) is 0 Å². The van der Waals surface area contributed by atoms with Gasteiger partial charge in [-0.15, -0.1) is 0 Å². The van der Waals surface area contributed by atoms with E-state index in [9.17, 15) is 26.4 Å². The van der Waals surface area contributed by atoms with Crippen LogP contribution in [-0.2, 0) is 26.0 Å². The predicted octanol–water partition coefficient (Wildman–Crippen LogP) is 2.44. The molecule has 2 saturated heterocycles. The Bertz CT molecular complexity index is 798. The molecule has 0 aliphatic carbocycles. The molecule has 0 aromatic heterocycles. The highest BCUT2D eigenvalue weighted by Crippen LogP contribution is 2.26. The van der Waals surface area contributed by atoms with E-state index in [0.29, 0.717) is 58.7 Å². The van der Waals surface area contributed by atoms with Crippen LogP contribution in [0, 0.1) is 5.92 Å². The Kier molecular flexibility index (Phi) is 6.85. The quantitative estimate of drug-likeness (QED) is 0.714. The van der Waals surface area contributed by atoms with Gasteiger partial charge in [0, 0.05) is 26.2 Å². The van der Waals surface area contributed by atoms with Crippen LogP contribution < -0.4 is 0 Å². The van der Waals surface area contributed by atoms with E-state index in [1.807, 2.05) is 0 Å². The van der Waals surface area contributed by atoms with Gasteiger partial charge in [-0.25, -0.2) is 8.42 Å². The van der Waals surface area contributed by atoms with Gasteiger partial charge in [-0.05, 0) is 42.9 Å². The highest BCUT2D eigenvalue weighted by Gasteiger charge is 2.34. The number of carbonyl (C=O) groups is 1. The van der Waals surface area contributed by atoms with E-state index in [0.717, 1.165) is 5.56 Å². The van der Waals surface area contributed by atoms with E-state index in [4.69, 9.17) is 4.74 Å². The zero-order chi connectivity index (χ0) is 21.1. The summed E-state index contributed by atoms with van der Waals surface area (Å²) < 4.78 is 69.0. The number of nitrogens with zero attached hydrogens (tertiary/aromatic N) is 2. The summed E-state index contributed by atoms with van der Waals surface area (Å²) in [7, 11) is -3.53. The van der Waals surface area contributed by atoms with Crippen LogP contribution >= 0.6 is 0 Å². The standard InChI is InChI=1S/C19H25F3N2O4S/c20-19(21,22)14-18(25)23-7-5-16(6-8-23)13-15-1-3-17(4-2-15)29(26,27)24-9-11-28-12-10-24/h1-4,16H,5-14H2. The molecule has 1 amide bonds. The average molecular weight is 434 g/mol. The van der Waals surface area contributed by atoms with E-state index in [1.54, 1.807) is 24.3 Å². The molecule has 3 rings (SSSR count). The smallest absolute Gasteiger partial charge is 0.379 e. The third-order valence-electron chi connectivity index (χ3n) is 5.37. The van der Waals surface area contributed by atoms with Crippen LogP contribution in [0.2, 0.25) is 0 Å². The van der Waals surface area contributed by atoms with Gasteiger partial charge in [-0.1, -0.05) is 12.1 Å². The maximum absolute atomic E-state index is 12.6. The number of amides is 1. The molecule has 0 unspecified atom stereocenters. The molecule has 2 aliphatic rings. The lowest BCUT2D eigenvalue weighted by atomic mass is 9.90. The van der Waals surface area contributed by atoms with Crippen molar-refractivity contribution in [3.8, 4) is 0 Å². The number of alkyl halides is 3. The van der Waals surface area contributed by atoms with E-state index < -0.39 is 28.5 Å². The first kappa shape index (κ1) is 22.0. The Morgan fingerprint density at radius 2 is 1.62 bits per heavy atom. The van der Waals surface area contributed by atoms with Crippen LogP contribution in [0.25, 0.3) is 0 Å². The van der Waals surface area contributed by atoms with E-state index >= 15 is 0 Å². The summed E-state index contributed by atoms with van der Waals surface area (Å²) >= 11 is 0. The molecule has 1 aromatic rings. The predicted molar refractivity (Wildman–Crippen MR) is 99.7 cm³/mol. The number of benzene rings is 1. The van der Waals surface area contributed by atoms with Gasteiger partial charge in [0.1, 0.15) is 6.42 Å². The molecular weight excluding hydrogens is 409 g/mol. The zero-order valence-corrected chi connectivity index (χ0v) is 16.8. The third kappa shape index (κ3) is 5.93. The number of halogens is 3. The first-order chi connectivity index (χ1) is 13.6. The van der Waals surface area contributed by atoms with Crippen LogP contribution in [0.15, 0.2) is 29.2 Å². The molecule has 0 bridgehead atoms. The number of morpholine rings is 1. The fourth-order valence-electron chi connectivity index (χ4n) is 3.74. The Balaban J connectivity index is 1.52. The fraction of sp³-hybridized carbons (Fsp3) is 0.632. The number of hydrogen-bond donors (Lipinski definition) is 0. The second-order valence-electron chi connectivity index (χ2n) is 7.48. The molecule has 0 radical (unpaired) electrons. The monoisotopic (exact) mass is 434 g/mol. The Hall–Kier alpha value is -1.65. The van der Waals surface area contributed by atoms with Crippen molar-refractivity contribution in [1.82, 2.24) is 9.21 Å². The lowest BCUT2D eigenvalue weighted by molar-refractivity contribution is -0.162. The van der Waals surface area contributed by atoms with Gasteiger partial charge in [0.15, 0.2) is 0 Å². The molecule has 162 valence electrons. The first-order valence-corrected chi connectivity index (χ1v) is 11.1. The number of rotatable bonds is 5. The molecule has 0 saturated carbocycles. The average Bonchev–Trinajstić information content (AvgIpc) is 2.68. The summed E-state index contributed by atoms with van der Waals surface area (Å²) in [5.41, 5.74) is 0.978. The van der Waals surface area contributed by atoms with E-state index in [-0.39, 0.29) is 10.8 Å². The third-order valence-corrected chi connectivity index (χ3v) is 7.29. The summed E-state index contributed by atoms with van der Waals surface area (Å²) in [6.45, 7) is 2.11. The molecule has 2 fully saturated rings. The van der Waals surface area contributed by atoms with Crippen LogP contribution in [0.5, 0.6) is 0 Å². The largest absolute Gasteiger partial charge is 0.397 e. The summed E-state index contributed by atoms with van der Waals surface area (Å²) in [4.78, 5) is 13.2. The van der Waals surface area contributed by atoms with Crippen molar-refractivity contribution in [3.63, 3.8) is 0 Å². The second-order valence-corrected chi connectivity index (χ2v) is 9.42. The Morgan fingerprint density at radius 3 is 2.17 bits per heavy atom. The van der Waals surface area contributed by atoms with Gasteiger partial charge in [-0.3, -0.25) is 4.79 Å². The summed E-state index contributed by atoms with van der Waals surface area (Å²) in [6, 6.07) is 6.77. The van der Waals surface area contributed by atoms with Gasteiger partial charge in [0.05, 0.1) is 18.1 Å². The molecule has 0 atom stereocenters. The number of ether oxygens (including phenoxy) is 1. The minimum Gasteiger partial charge on any atom is -0.379 e. The zero-order valence-electron chi connectivity index (χ0n) is 16.0. The second kappa shape index (κ2) is 9.01. The normalized spacial score (nSPS) is 20.0. The number of hydrogen-bond acceptors (Lipinski definition) is 4. The molecule has 2 aliphatic heterocycles. The van der Waals surface area contributed by atoms with Crippen molar-refractivity contribution in [2.24, 2.45) is 5.92 Å². The van der Waals surface area contributed by atoms with Crippen LogP contribution in [0.1, 0.15) is 24.8 Å². The van der Waals surface area contributed by atoms with Gasteiger partial charge in [0.2, 0.25) is 15.9 Å². The summed E-state index contributed by atoms with van der Waals surface area (Å²) in [6.07, 6.45) is -3.90. The molecule has 0 N–H and O–H groups in total. The van der Waals surface area contributed by atoms with Crippen molar-refractivity contribution in [2.75, 3.05) is 39.4 Å². The number of piperidine rings is 1. The number of likely N-dealkylation sites (tertiary alicyclic amines) is 1. The van der Waals surface area contributed by atoms with E-state index in [1.165, 1.54) is 9.21 Å². The molecule has 6 nitrogen and oxygen atoms in total. The van der Waals surface area contributed by atoms with Crippen molar-refractivity contribution in [2.45, 2.75) is 36.8 Å². The van der Waals surface area contributed by atoms with Crippen LogP contribution in [0.3, 0.4) is 0 Å². The summed E-state index contributed by atoms with van der Waals surface area (Å²) in [5, 5.41) is 0. The molecular formula is C19H25F3N2O4S. The number of carbonyl (C=O) groups excluding carboxylic acids is 1. The molecule has 0 spiro atoms.